The Labute approximate surface area is 129 Å². The molecule has 3 aliphatic rings. The Morgan fingerprint density at radius 2 is 2.09 bits per heavy atom. The van der Waals surface area contributed by atoms with Gasteiger partial charge in [0.15, 0.2) is 18.0 Å². The minimum absolute atomic E-state index is 0.214. The molecule has 118 valence electrons. The Bertz CT molecular complexity index is 537. The molecule has 0 amide bonds. The minimum Gasteiger partial charge on any atom is -0.456 e. The first-order chi connectivity index (χ1) is 10.8. The maximum atomic E-state index is 11.5. The summed E-state index contributed by atoms with van der Waals surface area (Å²) in [5.74, 6) is -0.961. The molecule has 1 unspecified atom stereocenters. The topological polar surface area (TPSA) is 54.0 Å². The van der Waals surface area contributed by atoms with Gasteiger partial charge in [-0.2, -0.15) is 0 Å². The molecule has 3 fully saturated rings. The molecule has 1 aromatic rings. The summed E-state index contributed by atoms with van der Waals surface area (Å²) in [5, 5.41) is 0. The van der Waals surface area contributed by atoms with Gasteiger partial charge in [0.1, 0.15) is 6.10 Å². The van der Waals surface area contributed by atoms with E-state index in [0.29, 0.717) is 19.6 Å². The van der Waals surface area contributed by atoms with Crippen molar-refractivity contribution in [3.8, 4) is 0 Å². The van der Waals surface area contributed by atoms with Gasteiger partial charge >= 0.3 is 5.97 Å². The molecule has 0 aliphatic carbocycles. The van der Waals surface area contributed by atoms with E-state index in [9.17, 15) is 4.79 Å². The zero-order valence-corrected chi connectivity index (χ0v) is 12.4. The van der Waals surface area contributed by atoms with Crippen molar-refractivity contribution in [2.75, 3.05) is 6.61 Å². The molecule has 0 N–H and O–H groups in total. The molecule has 1 spiro atoms. The summed E-state index contributed by atoms with van der Waals surface area (Å²) >= 11 is 0. The molecule has 5 heteroatoms. The summed E-state index contributed by atoms with van der Waals surface area (Å²) in [5.41, 5.74) is 1.08. The van der Waals surface area contributed by atoms with Crippen molar-refractivity contribution >= 4 is 5.97 Å². The Kier molecular flexibility index (Phi) is 3.64. The maximum absolute atomic E-state index is 11.5. The van der Waals surface area contributed by atoms with E-state index in [1.807, 2.05) is 30.3 Å². The molecule has 5 nitrogen and oxygen atoms in total. The number of carbonyl (C=O) groups excluding carboxylic acids is 1. The number of hydrogen-bond acceptors (Lipinski definition) is 5. The van der Waals surface area contributed by atoms with Crippen molar-refractivity contribution in [1.29, 1.82) is 0 Å². The van der Waals surface area contributed by atoms with Crippen LogP contribution in [0.5, 0.6) is 0 Å². The van der Waals surface area contributed by atoms with Gasteiger partial charge in [0.25, 0.3) is 0 Å². The van der Waals surface area contributed by atoms with E-state index >= 15 is 0 Å². The van der Waals surface area contributed by atoms with Gasteiger partial charge in [-0.15, -0.1) is 0 Å². The number of hydrogen-bond donors (Lipinski definition) is 0. The van der Waals surface area contributed by atoms with Gasteiger partial charge in [-0.05, 0) is 18.4 Å². The molecule has 3 saturated heterocycles. The Morgan fingerprint density at radius 1 is 1.23 bits per heavy atom. The van der Waals surface area contributed by atoms with Gasteiger partial charge in [0, 0.05) is 6.42 Å². The maximum Gasteiger partial charge on any atom is 0.309 e. The third-order valence-electron chi connectivity index (χ3n) is 4.62. The van der Waals surface area contributed by atoms with Crippen molar-refractivity contribution < 1.29 is 23.7 Å². The average molecular weight is 304 g/mol. The predicted molar refractivity (Wildman–Crippen MR) is 76.9 cm³/mol. The lowest BCUT2D eigenvalue weighted by atomic mass is 9.97. The fourth-order valence-electron chi connectivity index (χ4n) is 3.59. The highest BCUT2D eigenvalue weighted by molar-refractivity contribution is 5.73. The fraction of sp³-hybridized carbons (Fsp3) is 0.588. The molecule has 0 radical (unpaired) electrons. The molecule has 3 heterocycles. The molecule has 0 bridgehead atoms. The summed E-state index contributed by atoms with van der Waals surface area (Å²) < 4.78 is 23.6. The zero-order valence-electron chi connectivity index (χ0n) is 12.4. The first kappa shape index (κ1) is 14.2. The van der Waals surface area contributed by atoms with E-state index in [-0.39, 0.29) is 24.3 Å². The summed E-state index contributed by atoms with van der Waals surface area (Å²) in [6, 6.07) is 9.97. The Balaban J connectivity index is 1.53. The summed E-state index contributed by atoms with van der Waals surface area (Å²) in [6.07, 6.45) is 2.20. The number of rotatable bonds is 3. The third kappa shape index (κ3) is 2.43. The molecule has 3 aliphatic heterocycles. The van der Waals surface area contributed by atoms with E-state index in [0.717, 1.165) is 24.8 Å². The normalized spacial score (nSPS) is 37.3. The first-order valence-electron chi connectivity index (χ1n) is 7.94. The van der Waals surface area contributed by atoms with Crippen LogP contribution in [0.3, 0.4) is 0 Å². The second kappa shape index (κ2) is 5.65. The minimum atomic E-state index is -0.747. The van der Waals surface area contributed by atoms with Crippen LogP contribution in [-0.2, 0) is 30.3 Å². The van der Waals surface area contributed by atoms with Crippen molar-refractivity contribution in [2.45, 2.75) is 56.4 Å². The molecular weight excluding hydrogens is 284 g/mol. The molecule has 0 saturated carbocycles. The van der Waals surface area contributed by atoms with Crippen LogP contribution in [0.1, 0.15) is 31.2 Å². The predicted octanol–water partition coefficient (Wildman–Crippen LogP) is 2.18. The number of ether oxygens (including phenoxy) is 4. The van der Waals surface area contributed by atoms with Gasteiger partial charge in [-0.25, -0.2) is 0 Å². The molecular formula is C17H20O5. The van der Waals surface area contributed by atoms with Crippen LogP contribution in [0.4, 0.5) is 0 Å². The summed E-state index contributed by atoms with van der Waals surface area (Å²) in [4.78, 5) is 11.5. The van der Waals surface area contributed by atoms with Crippen LogP contribution in [0, 0.1) is 0 Å². The van der Waals surface area contributed by atoms with Gasteiger partial charge in [-0.1, -0.05) is 30.3 Å². The van der Waals surface area contributed by atoms with Crippen molar-refractivity contribution in [3.05, 3.63) is 35.9 Å². The smallest absolute Gasteiger partial charge is 0.309 e. The second-order valence-corrected chi connectivity index (χ2v) is 6.15. The summed E-state index contributed by atoms with van der Waals surface area (Å²) in [6.45, 7) is 1.12. The average Bonchev–Trinajstić information content (AvgIpc) is 3.00. The number of fused-ring (bicyclic) bond motifs is 1. The van der Waals surface area contributed by atoms with E-state index in [1.165, 1.54) is 0 Å². The highest BCUT2D eigenvalue weighted by atomic mass is 16.8. The third-order valence-corrected chi connectivity index (χ3v) is 4.62. The van der Waals surface area contributed by atoms with Gasteiger partial charge in [0.05, 0.1) is 19.6 Å². The zero-order chi connectivity index (χ0) is 15.0. The van der Waals surface area contributed by atoms with Crippen LogP contribution in [0.15, 0.2) is 30.3 Å². The lowest BCUT2D eigenvalue weighted by Crippen LogP contribution is -2.49. The lowest BCUT2D eigenvalue weighted by Gasteiger charge is -2.38. The highest BCUT2D eigenvalue weighted by Crippen LogP contribution is 2.45. The first-order valence-corrected chi connectivity index (χ1v) is 7.94. The van der Waals surface area contributed by atoms with Crippen LogP contribution in [0.25, 0.3) is 0 Å². The van der Waals surface area contributed by atoms with Crippen molar-refractivity contribution in [3.63, 3.8) is 0 Å². The molecule has 0 aromatic heterocycles. The molecule has 22 heavy (non-hydrogen) atoms. The SMILES string of the molecule is O=C1C[C@H]2OC3(CCCCO3)[C@H](OCc3ccccc3)[C@H]2O1. The largest absolute Gasteiger partial charge is 0.456 e. The van der Waals surface area contributed by atoms with Crippen molar-refractivity contribution in [1.82, 2.24) is 0 Å². The number of carbonyl (C=O) groups is 1. The lowest BCUT2D eigenvalue weighted by molar-refractivity contribution is -0.285. The summed E-state index contributed by atoms with van der Waals surface area (Å²) in [7, 11) is 0. The van der Waals surface area contributed by atoms with E-state index < -0.39 is 5.79 Å². The van der Waals surface area contributed by atoms with E-state index in [4.69, 9.17) is 18.9 Å². The standard InChI is InChI=1S/C17H20O5/c18-14-10-13-15(21-14)16(17(22-13)8-4-5-9-20-17)19-11-12-6-2-1-3-7-12/h1-3,6-7,13,15-16H,4-5,8-11H2/t13-,15+,16-,17?/m1/s1. The van der Waals surface area contributed by atoms with Crippen LogP contribution < -0.4 is 0 Å². The van der Waals surface area contributed by atoms with Gasteiger partial charge in [0.2, 0.25) is 0 Å². The van der Waals surface area contributed by atoms with Crippen LogP contribution >= 0.6 is 0 Å². The molecule has 4 rings (SSSR count). The number of benzene rings is 1. The highest BCUT2D eigenvalue weighted by Gasteiger charge is 2.61. The van der Waals surface area contributed by atoms with Crippen LogP contribution in [-0.4, -0.2) is 36.7 Å². The monoisotopic (exact) mass is 304 g/mol. The van der Waals surface area contributed by atoms with E-state index in [1.54, 1.807) is 0 Å². The second-order valence-electron chi connectivity index (χ2n) is 6.15. The van der Waals surface area contributed by atoms with Gasteiger partial charge < -0.3 is 18.9 Å². The van der Waals surface area contributed by atoms with Gasteiger partial charge in [-0.3, -0.25) is 4.79 Å². The molecule has 1 aromatic carbocycles. The van der Waals surface area contributed by atoms with E-state index in [2.05, 4.69) is 0 Å². The van der Waals surface area contributed by atoms with Crippen molar-refractivity contribution in [2.24, 2.45) is 0 Å². The Morgan fingerprint density at radius 3 is 2.86 bits per heavy atom. The Hall–Kier alpha value is -1.43. The quantitative estimate of drug-likeness (QED) is 0.801. The molecule has 4 atom stereocenters. The van der Waals surface area contributed by atoms with Crippen LogP contribution in [0.2, 0.25) is 0 Å². The fourth-order valence-corrected chi connectivity index (χ4v) is 3.59. The number of esters is 1.